The molecule has 2 unspecified atom stereocenters. The standard InChI is InChI=1S/C22H23NO5S/c1-15(21(25)23-11-4-7-19(23)22(26)27)14-29-12-10-20(24)28-18-9-8-16-5-2-3-6-17(16)13-18/h2-3,5-6,8-10,12-13,15,19H,4,7,11,14H2,1H3,(H,26,27)/b12-10+. The largest absolute Gasteiger partial charge is 0.480 e. The van der Waals surface area contributed by atoms with Crippen LogP contribution in [0.2, 0.25) is 0 Å². The van der Waals surface area contributed by atoms with Crippen molar-refractivity contribution < 1.29 is 24.2 Å². The van der Waals surface area contributed by atoms with E-state index in [0.717, 1.165) is 10.8 Å². The lowest BCUT2D eigenvalue weighted by Gasteiger charge is -2.24. The maximum atomic E-state index is 12.5. The van der Waals surface area contributed by atoms with Crippen molar-refractivity contribution in [2.45, 2.75) is 25.8 Å². The number of carboxylic acid groups (broad SMARTS) is 1. The summed E-state index contributed by atoms with van der Waals surface area (Å²) >= 11 is 1.32. The van der Waals surface area contributed by atoms with Crippen molar-refractivity contribution in [3.05, 3.63) is 53.9 Å². The summed E-state index contributed by atoms with van der Waals surface area (Å²) < 4.78 is 5.32. The number of carboxylic acids is 1. The number of rotatable bonds is 7. The highest BCUT2D eigenvalue weighted by molar-refractivity contribution is 8.02. The predicted molar refractivity (Wildman–Crippen MR) is 113 cm³/mol. The number of aliphatic carboxylic acids is 1. The number of carbonyl (C=O) groups is 3. The Hall–Kier alpha value is -2.80. The Kier molecular flexibility index (Phi) is 6.93. The second kappa shape index (κ2) is 9.60. The maximum absolute atomic E-state index is 12.5. The number of likely N-dealkylation sites (tertiary alicyclic amines) is 1. The van der Waals surface area contributed by atoms with Crippen LogP contribution in [0.5, 0.6) is 5.75 Å². The molecule has 1 amide bonds. The van der Waals surface area contributed by atoms with E-state index in [1.54, 1.807) is 18.4 Å². The van der Waals surface area contributed by atoms with Gasteiger partial charge in [0.05, 0.1) is 0 Å². The SMILES string of the molecule is CC(CS/C=C/C(=O)Oc1ccc2ccccc2c1)C(=O)N1CCCC1C(=O)O. The van der Waals surface area contributed by atoms with E-state index in [-0.39, 0.29) is 11.8 Å². The molecular formula is C22H23NO5S. The molecule has 0 radical (unpaired) electrons. The van der Waals surface area contributed by atoms with Crippen LogP contribution in [0.1, 0.15) is 19.8 Å². The average Bonchev–Trinajstić information content (AvgIpc) is 3.20. The Bertz CT molecular complexity index is 942. The number of hydrogen-bond donors (Lipinski definition) is 1. The molecule has 2 aromatic carbocycles. The number of benzene rings is 2. The zero-order valence-corrected chi connectivity index (χ0v) is 16.9. The smallest absolute Gasteiger partial charge is 0.336 e. The fourth-order valence-electron chi connectivity index (χ4n) is 3.33. The van der Waals surface area contributed by atoms with E-state index < -0.39 is 18.0 Å². The fourth-order valence-corrected chi connectivity index (χ4v) is 4.08. The molecule has 1 aliphatic heterocycles. The first-order chi connectivity index (χ1) is 14.0. The van der Waals surface area contributed by atoms with Gasteiger partial charge in [0.1, 0.15) is 11.8 Å². The molecule has 0 bridgehead atoms. The molecule has 7 heteroatoms. The van der Waals surface area contributed by atoms with Crippen molar-refractivity contribution in [2.24, 2.45) is 5.92 Å². The number of ether oxygens (including phenoxy) is 1. The van der Waals surface area contributed by atoms with E-state index in [4.69, 9.17) is 4.74 Å². The third kappa shape index (κ3) is 5.38. The Morgan fingerprint density at radius 1 is 1.24 bits per heavy atom. The molecule has 152 valence electrons. The Morgan fingerprint density at radius 2 is 2.00 bits per heavy atom. The molecule has 3 rings (SSSR count). The summed E-state index contributed by atoms with van der Waals surface area (Å²) in [6.45, 7) is 2.26. The van der Waals surface area contributed by atoms with E-state index in [1.165, 1.54) is 22.7 Å². The summed E-state index contributed by atoms with van der Waals surface area (Å²) in [6.07, 6.45) is 2.54. The molecule has 0 saturated carbocycles. The molecule has 2 aromatic rings. The van der Waals surface area contributed by atoms with E-state index in [1.807, 2.05) is 36.4 Å². The quantitative estimate of drug-likeness (QED) is 0.423. The van der Waals surface area contributed by atoms with E-state index in [9.17, 15) is 19.5 Å². The van der Waals surface area contributed by atoms with E-state index >= 15 is 0 Å². The Morgan fingerprint density at radius 3 is 2.76 bits per heavy atom. The number of nitrogens with zero attached hydrogens (tertiary/aromatic N) is 1. The Labute approximate surface area is 173 Å². The summed E-state index contributed by atoms with van der Waals surface area (Å²) in [5, 5.41) is 12.9. The number of carbonyl (C=O) groups excluding carboxylic acids is 2. The second-order valence-electron chi connectivity index (χ2n) is 7.00. The van der Waals surface area contributed by atoms with Gasteiger partial charge in [-0.3, -0.25) is 4.79 Å². The van der Waals surface area contributed by atoms with Crippen LogP contribution < -0.4 is 4.74 Å². The Balaban J connectivity index is 1.47. The first kappa shape index (κ1) is 20.9. The van der Waals surface area contributed by atoms with Crippen molar-refractivity contribution in [2.75, 3.05) is 12.3 Å². The van der Waals surface area contributed by atoms with Crippen molar-refractivity contribution in [3.63, 3.8) is 0 Å². The van der Waals surface area contributed by atoms with Crippen LogP contribution >= 0.6 is 11.8 Å². The van der Waals surface area contributed by atoms with Crippen molar-refractivity contribution in [3.8, 4) is 5.75 Å². The minimum absolute atomic E-state index is 0.158. The third-order valence-electron chi connectivity index (χ3n) is 4.83. The number of esters is 1. The number of amides is 1. The monoisotopic (exact) mass is 413 g/mol. The summed E-state index contributed by atoms with van der Waals surface area (Å²) in [5.74, 6) is -0.998. The van der Waals surface area contributed by atoms with Crippen molar-refractivity contribution >= 4 is 40.4 Å². The van der Waals surface area contributed by atoms with Gasteiger partial charge in [-0.05, 0) is 41.2 Å². The zero-order valence-electron chi connectivity index (χ0n) is 16.1. The molecule has 0 aliphatic carbocycles. The summed E-state index contributed by atoms with van der Waals surface area (Å²) in [4.78, 5) is 37.1. The minimum atomic E-state index is -0.952. The highest BCUT2D eigenvalue weighted by Crippen LogP contribution is 2.23. The summed E-state index contributed by atoms with van der Waals surface area (Å²) in [7, 11) is 0. The molecule has 1 N–H and O–H groups in total. The number of fused-ring (bicyclic) bond motifs is 1. The number of hydrogen-bond acceptors (Lipinski definition) is 5. The molecule has 1 heterocycles. The van der Waals surface area contributed by atoms with Gasteiger partial charge in [-0.2, -0.15) is 0 Å². The molecule has 0 spiro atoms. The van der Waals surface area contributed by atoms with Gasteiger partial charge in [-0.1, -0.05) is 37.3 Å². The molecule has 0 aromatic heterocycles. The molecular weight excluding hydrogens is 390 g/mol. The molecule has 2 atom stereocenters. The minimum Gasteiger partial charge on any atom is -0.480 e. The van der Waals surface area contributed by atoms with Crippen LogP contribution in [0.15, 0.2) is 53.9 Å². The lowest BCUT2D eigenvalue weighted by Crippen LogP contribution is -2.43. The van der Waals surface area contributed by atoms with Gasteiger partial charge in [0, 0.05) is 24.3 Å². The van der Waals surface area contributed by atoms with Gasteiger partial charge in [0.2, 0.25) is 5.91 Å². The van der Waals surface area contributed by atoms with E-state index in [0.29, 0.717) is 30.9 Å². The first-order valence-electron chi connectivity index (χ1n) is 9.48. The van der Waals surface area contributed by atoms with Crippen molar-refractivity contribution in [1.82, 2.24) is 4.90 Å². The first-order valence-corrected chi connectivity index (χ1v) is 10.5. The van der Waals surface area contributed by atoms with Gasteiger partial charge < -0.3 is 14.7 Å². The second-order valence-corrected chi connectivity index (χ2v) is 7.93. The average molecular weight is 413 g/mol. The lowest BCUT2D eigenvalue weighted by atomic mass is 10.1. The van der Waals surface area contributed by atoms with Crippen molar-refractivity contribution in [1.29, 1.82) is 0 Å². The van der Waals surface area contributed by atoms with Gasteiger partial charge >= 0.3 is 11.9 Å². The molecule has 6 nitrogen and oxygen atoms in total. The lowest BCUT2D eigenvalue weighted by molar-refractivity contribution is -0.149. The molecule has 1 saturated heterocycles. The zero-order chi connectivity index (χ0) is 20.8. The summed E-state index contributed by atoms with van der Waals surface area (Å²) in [6, 6.07) is 12.5. The fraction of sp³-hybridized carbons (Fsp3) is 0.318. The van der Waals surface area contributed by atoms with Crippen LogP contribution in [0.4, 0.5) is 0 Å². The van der Waals surface area contributed by atoms with E-state index in [2.05, 4.69) is 0 Å². The van der Waals surface area contributed by atoms with Gasteiger partial charge in [0.25, 0.3) is 0 Å². The maximum Gasteiger partial charge on any atom is 0.336 e. The highest BCUT2D eigenvalue weighted by atomic mass is 32.2. The van der Waals surface area contributed by atoms with Gasteiger partial charge in [-0.25, -0.2) is 9.59 Å². The normalized spacial score (nSPS) is 17.6. The van der Waals surface area contributed by atoms with Crippen LogP contribution in [0.3, 0.4) is 0 Å². The predicted octanol–water partition coefficient (Wildman–Crippen LogP) is 3.70. The number of thioether (sulfide) groups is 1. The summed E-state index contributed by atoms with van der Waals surface area (Å²) in [5.41, 5.74) is 0. The van der Waals surface area contributed by atoms with Gasteiger partial charge in [-0.15, -0.1) is 11.8 Å². The third-order valence-corrected chi connectivity index (χ3v) is 5.85. The molecule has 1 aliphatic rings. The molecule has 1 fully saturated rings. The topological polar surface area (TPSA) is 83.9 Å². The highest BCUT2D eigenvalue weighted by Gasteiger charge is 2.35. The van der Waals surface area contributed by atoms with Crippen LogP contribution in [-0.2, 0) is 14.4 Å². The van der Waals surface area contributed by atoms with Gasteiger partial charge in [0.15, 0.2) is 0 Å². The molecule has 29 heavy (non-hydrogen) atoms. The van der Waals surface area contributed by atoms with Crippen LogP contribution in [0.25, 0.3) is 10.8 Å². The van der Waals surface area contributed by atoms with Crippen LogP contribution in [0, 0.1) is 5.92 Å². The van der Waals surface area contributed by atoms with Crippen LogP contribution in [-0.4, -0.2) is 46.2 Å².